The van der Waals surface area contributed by atoms with Gasteiger partial charge in [-0.3, -0.25) is 0 Å². The van der Waals surface area contributed by atoms with Crippen LogP contribution in [0.15, 0.2) is 36.4 Å². The molecule has 20 heavy (non-hydrogen) atoms. The molecular formula is C14H13N2NaO2S. The van der Waals surface area contributed by atoms with E-state index in [4.69, 9.17) is 0 Å². The van der Waals surface area contributed by atoms with Crippen molar-refractivity contribution < 1.29 is 39.5 Å². The standard InChI is InChI=1S/C14H14N2O2S.Na/c1-15-8-9-16(11-5-3-2-4-10(11)15)13-7-6-12(19-13)14(17)18;/h2-7H,8-9H2,1H3,(H,17,18);/q;+1/p-1. The molecule has 1 aromatic carbocycles. The molecule has 0 fully saturated rings. The number of fused-ring (bicyclic) bond motifs is 1. The molecule has 0 N–H and O–H groups in total. The minimum absolute atomic E-state index is 0. The number of thiophene rings is 1. The second-order valence-electron chi connectivity index (χ2n) is 4.49. The molecule has 0 amide bonds. The summed E-state index contributed by atoms with van der Waals surface area (Å²) in [5.41, 5.74) is 2.28. The Morgan fingerprint density at radius 2 is 1.85 bits per heavy atom. The number of para-hydroxylation sites is 2. The number of hydrogen-bond acceptors (Lipinski definition) is 5. The van der Waals surface area contributed by atoms with Crippen molar-refractivity contribution >= 4 is 33.7 Å². The first-order chi connectivity index (χ1) is 9.16. The van der Waals surface area contributed by atoms with Gasteiger partial charge >= 0.3 is 29.6 Å². The maximum Gasteiger partial charge on any atom is 1.00 e. The predicted molar refractivity (Wildman–Crippen MR) is 75.4 cm³/mol. The zero-order chi connectivity index (χ0) is 13.4. The Hall–Kier alpha value is -1.01. The molecule has 0 radical (unpaired) electrons. The van der Waals surface area contributed by atoms with Crippen molar-refractivity contribution in [2.45, 2.75) is 0 Å². The van der Waals surface area contributed by atoms with Crippen molar-refractivity contribution in [3.05, 3.63) is 41.3 Å². The third-order valence-electron chi connectivity index (χ3n) is 3.30. The van der Waals surface area contributed by atoms with Gasteiger partial charge < -0.3 is 19.7 Å². The first-order valence-corrected chi connectivity index (χ1v) is 6.87. The molecule has 98 valence electrons. The molecule has 4 nitrogen and oxygen atoms in total. The van der Waals surface area contributed by atoms with Crippen molar-refractivity contribution in [2.24, 2.45) is 0 Å². The van der Waals surface area contributed by atoms with Crippen LogP contribution in [0.3, 0.4) is 0 Å². The monoisotopic (exact) mass is 296 g/mol. The smallest absolute Gasteiger partial charge is 0.544 e. The Kier molecular flexibility index (Phi) is 4.75. The number of hydrogen-bond donors (Lipinski definition) is 0. The van der Waals surface area contributed by atoms with Crippen LogP contribution in [0.25, 0.3) is 0 Å². The predicted octanol–water partition coefficient (Wildman–Crippen LogP) is -1.30. The average molecular weight is 296 g/mol. The molecule has 2 heterocycles. The number of benzene rings is 1. The topological polar surface area (TPSA) is 46.6 Å². The second kappa shape index (κ2) is 6.18. The van der Waals surface area contributed by atoms with Crippen molar-refractivity contribution in [3.8, 4) is 0 Å². The Labute approximate surface area is 143 Å². The molecule has 0 spiro atoms. The van der Waals surface area contributed by atoms with Gasteiger partial charge in [0.15, 0.2) is 0 Å². The summed E-state index contributed by atoms with van der Waals surface area (Å²) in [4.78, 5) is 15.5. The third-order valence-corrected chi connectivity index (χ3v) is 4.39. The SMILES string of the molecule is CN1CCN(c2ccc(C(=O)[O-])s2)c2ccccc21.[Na+]. The van der Waals surface area contributed by atoms with Gasteiger partial charge in [0, 0.05) is 20.1 Å². The zero-order valence-corrected chi connectivity index (χ0v) is 14.3. The maximum absolute atomic E-state index is 10.9. The van der Waals surface area contributed by atoms with Gasteiger partial charge in [-0.15, -0.1) is 11.3 Å². The molecule has 0 bridgehead atoms. The van der Waals surface area contributed by atoms with Gasteiger partial charge in [0.2, 0.25) is 0 Å². The number of carbonyl (C=O) groups is 1. The normalized spacial score (nSPS) is 13.7. The molecule has 6 heteroatoms. The molecule has 0 saturated heterocycles. The van der Waals surface area contributed by atoms with Crippen molar-refractivity contribution in [1.82, 2.24) is 0 Å². The van der Waals surface area contributed by atoms with Gasteiger partial charge in [-0.1, -0.05) is 12.1 Å². The van der Waals surface area contributed by atoms with Crippen LogP contribution in [0, 0.1) is 0 Å². The van der Waals surface area contributed by atoms with Gasteiger partial charge in [0.05, 0.1) is 27.2 Å². The summed E-state index contributed by atoms with van der Waals surface area (Å²) in [6.07, 6.45) is 0. The first kappa shape index (κ1) is 15.4. The van der Waals surface area contributed by atoms with Crippen LogP contribution in [-0.4, -0.2) is 26.1 Å². The number of carbonyl (C=O) groups excluding carboxylic acids is 1. The van der Waals surface area contributed by atoms with Crippen LogP contribution in [0.2, 0.25) is 0 Å². The Bertz CT molecular complexity index is 629. The zero-order valence-electron chi connectivity index (χ0n) is 11.5. The number of likely N-dealkylation sites (N-methyl/N-ethyl adjacent to an activating group) is 1. The van der Waals surface area contributed by atoms with Crippen LogP contribution < -0.4 is 44.5 Å². The molecule has 0 aliphatic carbocycles. The van der Waals surface area contributed by atoms with E-state index in [2.05, 4.69) is 29.0 Å². The van der Waals surface area contributed by atoms with E-state index < -0.39 is 5.97 Å². The number of carboxylic acid groups (broad SMARTS) is 1. The molecule has 0 unspecified atom stereocenters. The third kappa shape index (κ3) is 2.72. The van der Waals surface area contributed by atoms with Gasteiger partial charge in [0.25, 0.3) is 0 Å². The fourth-order valence-corrected chi connectivity index (χ4v) is 3.20. The Morgan fingerprint density at radius 3 is 2.50 bits per heavy atom. The summed E-state index contributed by atoms with van der Waals surface area (Å²) in [5, 5.41) is 11.8. The fourth-order valence-electron chi connectivity index (χ4n) is 2.32. The average Bonchev–Trinajstić information content (AvgIpc) is 2.89. The van der Waals surface area contributed by atoms with Crippen molar-refractivity contribution in [3.63, 3.8) is 0 Å². The maximum atomic E-state index is 10.9. The molecule has 0 saturated carbocycles. The van der Waals surface area contributed by atoms with E-state index in [1.807, 2.05) is 18.2 Å². The van der Waals surface area contributed by atoms with E-state index >= 15 is 0 Å². The van der Waals surface area contributed by atoms with E-state index in [0.29, 0.717) is 0 Å². The van der Waals surface area contributed by atoms with Crippen molar-refractivity contribution in [1.29, 1.82) is 0 Å². The van der Waals surface area contributed by atoms with Crippen LogP contribution in [-0.2, 0) is 0 Å². The summed E-state index contributed by atoms with van der Waals surface area (Å²) in [6.45, 7) is 1.76. The first-order valence-electron chi connectivity index (χ1n) is 6.06. The van der Waals surface area contributed by atoms with Crippen LogP contribution in [0.4, 0.5) is 16.4 Å². The molecule has 1 aliphatic heterocycles. The summed E-state index contributed by atoms with van der Waals surface area (Å²) in [6, 6.07) is 11.6. The van der Waals surface area contributed by atoms with E-state index in [-0.39, 0.29) is 34.4 Å². The van der Waals surface area contributed by atoms with Crippen LogP contribution in [0.5, 0.6) is 0 Å². The molecule has 2 aromatic rings. The Morgan fingerprint density at radius 1 is 1.15 bits per heavy atom. The van der Waals surface area contributed by atoms with E-state index in [0.717, 1.165) is 29.5 Å². The van der Waals surface area contributed by atoms with Gasteiger partial charge in [0.1, 0.15) is 0 Å². The number of anilines is 3. The van der Waals surface area contributed by atoms with Crippen molar-refractivity contribution in [2.75, 3.05) is 29.9 Å². The fraction of sp³-hybridized carbons (Fsp3) is 0.214. The summed E-state index contributed by atoms with van der Waals surface area (Å²) >= 11 is 1.26. The molecule has 0 atom stereocenters. The molecular weight excluding hydrogens is 283 g/mol. The van der Waals surface area contributed by atoms with Gasteiger partial charge in [-0.2, -0.15) is 0 Å². The van der Waals surface area contributed by atoms with Gasteiger partial charge in [-0.05, 0) is 24.3 Å². The Balaban J connectivity index is 0.00000147. The number of aromatic carboxylic acids is 1. The minimum Gasteiger partial charge on any atom is -0.544 e. The number of carboxylic acids is 1. The van der Waals surface area contributed by atoms with Crippen LogP contribution in [0.1, 0.15) is 9.67 Å². The molecule has 3 rings (SSSR count). The largest absolute Gasteiger partial charge is 1.00 e. The van der Waals surface area contributed by atoms with E-state index in [1.54, 1.807) is 6.07 Å². The number of rotatable bonds is 2. The molecule has 1 aliphatic rings. The minimum atomic E-state index is -1.11. The molecule has 1 aromatic heterocycles. The summed E-state index contributed by atoms with van der Waals surface area (Å²) in [5.74, 6) is -1.11. The van der Waals surface area contributed by atoms with Crippen LogP contribution >= 0.6 is 11.3 Å². The quantitative estimate of drug-likeness (QED) is 0.647. The van der Waals surface area contributed by atoms with E-state index in [9.17, 15) is 9.90 Å². The van der Waals surface area contributed by atoms with E-state index in [1.165, 1.54) is 11.3 Å². The number of nitrogens with zero attached hydrogens (tertiary/aromatic N) is 2. The van der Waals surface area contributed by atoms with Gasteiger partial charge in [-0.25, -0.2) is 0 Å². The summed E-state index contributed by atoms with van der Waals surface area (Å²) in [7, 11) is 2.07. The second-order valence-corrected chi connectivity index (χ2v) is 5.55. The summed E-state index contributed by atoms with van der Waals surface area (Å²) < 4.78 is 0.